The maximum atomic E-state index is 11.9. The van der Waals surface area contributed by atoms with Gasteiger partial charge in [-0.3, -0.25) is 4.79 Å². The summed E-state index contributed by atoms with van der Waals surface area (Å²) in [7, 11) is -1.54. The van der Waals surface area contributed by atoms with Crippen LogP contribution in [0.3, 0.4) is 0 Å². The summed E-state index contributed by atoms with van der Waals surface area (Å²) in [5.74, 6) is 0.300. The van der Waals surface area contributed by atoms with E-state index in [-0.39, 0.29) is 18.1 Å². The zero-order chi connectivity index (χ0) is 15.8. The van der Waals surface area contributed by atoms with E-state index in [1.54, 1.807) is 19.1 Å². The molecule has 112 valence electrons. The molecule has 0 atom stereocenters. The number of ketones is 1. The molecule has 7 heteroatoms. The van der Waals surface area contributed by atoms with Gasteiger partial charge in [-0.25, -0.2) is 4.79 Å². The number of hydrogen-bond donors (Lipinski definition) is 2. The summed E-state index contributed by atoms with van der Waals surface area (Å²) in [6, 6.07) is 6.10. The van der Waals surface area contributed by atoms with Gasteiger partial charge in [0.1, 0.15) is 6.61 Å². The fraction of sp³-hybridized carbons (Fsp3) is 0.286. The number of benzene rings is 1. The third kappa shape index (κ3) is 6.16. The van der Waals surface area contributed by atoms with Gasteiger partial charge in [-0.15, -0.1) is 0 Å². The summed E-state index contributed by atoms with van der Waals surface area (Å²) in [5, 5.41) is 17.9. The van der Waals surface area contributed by atoms with Crippen LogP contribution in [-0.2, 0) is 9.53 Å². The van der Waals surface area contributed by atoms with Gasteiger partial charge in [-0.1, -0.05) is 30.8 Å². The molecule has 2 N–H and O–H groups in total. The van der Waals surface area contributed by atoms with Crippen LogP contribution in [0.4, 0.5) is 0 Å². The lowest BCUT2D eigenvalue weighted by Crippen LogP contribution is -2.29. The third-order valence-electron chi connectivity index (χ3n) is 2.57. The van der Waals surface area contributed by atoms with E-state index in [1.807, 2.05) is 0 Å². The van der Waals surface area contributed by atoms with Crippen LogP contribution in [-0.4, -0.2) is 47.0 Å². The Labute approximate surface area is 128 Å². The molecule has 21 heavy (non-hydrogen) atoms. The Morgan fingerprint density at radius 2 is 1.90 bits per heavy atom. The summed E-state index contributed by atoms with van der Waals surface area (Å²) in [5.41, 5.74) is 1.19. The molecule has 1 aromatic rings. The van der Waals surface area contributed by atoms with E-state index in [4.69, 9.17) is 14.8 Å². The number of hydrogen-bond acceptors (Lipinski definition) is 6. The Kier molecular flexibility index (Phi) is 7.21. The molecule has 0 saturated heterocycles. The minimum atomic E-state index is -1.54. The predicted molar refractivity (Wildman–Crippen MR) is 83.7 cm³/mol. The number of thioether (sulfide) groups is 1. The van der Waals surface area contributed by atoms with Crippen LogP contribution in [0.1, 0.15) is 17.3 Å². The van der Waals surface area contributed by atoms with Crippen molar-refractivity contribution in [2.45, 2.75) is 6.92 Å². The number of Topliss-reactive ketones (excluding diaryl/α,β-unsaturated/α-hetero) is 1. The highest BCUT2D eigenvalue weighted by Crippen LogP contribution is 2.07. The fourth-order valence-corrected chi connectivity index (χ4v) is 2.10. The minimum Gasteiger partial charge on any atom is -0.461 e. The zero-order valence-corrected chi connectivity index (χ0v) is 12.6. The number of carbonyl (C=O) groups is 2. The van der Waals surface area contributed by atoms with Crippen LogP contribution in [0, 0.1) is 0 Å². The third-order valence-corrected chi connectivity index (χ3v) is 3.49. The van der Waals surface area contributed by atoms with Crippen molar-refractivity contribution >= 4 is 36.1 Å². The lowest BCUT2D eigenvalue weighted by atomic mass is 9.80. The van der Waals surface area contributed by atoms with Crippen LogP contribution in [0.5, 0.6) is 0 Å². The second-order valence-corrected chi connectivity index (χ2v) is 5.49. The zero-order valence-electron chi connectivity index (χ0n) is 11.7. The van der Waals surface area contributed by atoms with Crippen LogP contribution in [0.15, 0.2) is 36.4 Å². The van der Waals surface area contributed by atoms with E-state index in [0.29, 0.717) is 22.4 Å². The van der Waals surface area contributed by atoms with Gasteiger partial charge in [0.2, 0.25) is 0 Å². The van der Waals surface area contributed by atoms with Crippen molar-refractivity contribution in [3.63, 3.8) is 0 Å². The number of rotatable bonds is 8. The second-order valence-electron chi connectivity index (χ2n) is 4.39. The van der Waals surface area contributed by atoms with Gasteiger partial charge in [-0.05, 0) is 12.4 Å². The molecule has 0 aliphatic rings. The van der Waals surface area contributed by atoms with Crippen molar-refractivity contribution in [2.75, 3.05) is 18.1 Å². The van der Waals surface area contributed by atoms with Crippen molar-refractivity contribution in [2.24, 2.45) is 0 Å². The smallest absolute Gasteiger partial charge is 0.461 e. The Balaban J connectivity index is 2.31. The Bertz CT molecular complexity index is 513. The maximum Gasteiger partial charge on any atom is 0.488 e. The average Bonchev–Trinajstić information content (AvgIpc) is 2.46. The van der Waals surface area contributed by atoms with Crippen LogP contribution in [0.2, 0.25) is 0 Å². The highest BCUT2D eigenvalue weighted by molar-refractivity contribution is 8.00. The van der Waals surface area contributed by atoms with E-state index in [1.165, 1.54) is 23.9 Å². The van der Waals surface area contributed by atoms with E-state index in [9.17, 15) is 9.59 Å². The molecule has 0 bridgehead atoms. The maximum absolute atomic E-state index is 11.9. The molecular formula is C14H17BO5S. The molecule has 0 unspecified atom stereocenters. The Hall–Kier alpha value is -1.57. The molecule has 0 spiro atoms. The van der Waals surface area contributed by atoms with Crippen LogP contribution < -0.4 is 5.46 Å². The summed E-state index contributed by atoms with van der Waals surface area (Å²) in [4.78, 5) is 23.0. The SMILES string of the molecule is C=C(C)C(=O)OCCSCC(=O)c1ccc(B(O)O)cc1. The first kappa shape index (κ1) is 17.5. The molecule has 0 heterocycles. The van der Waals surface area contributed by atoms with E-state index < -0.39 is 13.1 Å². The van der Waals surface area contributed by atoms with Gasteiger partial charge in [0.25, 0.3) is 0 Å². The van der Waals surface area contributed by atoms with Gasteiger partial charge in [0.05, 0.1) is 5.75 Å². The largest absolute Gasteiger partial charge is 0.488 e. The quantitative estimate of drug-likeness (QED) is 0.238. The first-order valence-electron chi connectivity index (χ1n) is 6.31. The van der Waals surface area contributed by atoms with E-state index >= 15 is 0 Å². The first-order valence-corrected chi connectivity index (χ1v) is 7.47. The Morgan fingerprint density at radius 1 is 1.29 bits per heavy atom. The van der Waals surface area contributed by atoms with Crippen molar-refractivity contribution in [1.29, 1.82) is 0 Å². The number of ether oxygens (including phenoxy) is 1. The van der Waals surface area contributed by atoms with Gasteiger partial charge in [0.15, 0.2) is 5.78 Å². The number of esters is 1. The summed E-state index contributed by atoms with van der Waals surface area (Å²) < 4.78 is 4.91. The lowest BCUT2D eigenvalue weighted by molar-refractivity contribution is -0.138. The topological polar surface area (TPSA) is 83.8 Å². The van der Waals surface area contributed by atoms with Gasteiger partial charge >= 0.3 is 13.1 Å². The molecule has 0 aliphatic carbocycles. The van der Waals surface area contributed by atoms with Crippen molar-refractivity contribution in [3.05, 3.63) is 42.0 Å². The first-order chi connectivity index (χ1) is 9.91. The van der Waals surface area contributed by atoms with Gasteiger partial charge in [0, 0.05) is 16.9 Å². The fourth-order valence-electron chi connectivity index (χ4n) is 1.41. The summed E-state index contributed by atoms with van der Waals surface area (Å²) in [6.07, 6.45) is 0. The molecule has 0 aliphatic heterocycles. The van der Waals surface area contributed by atoms with Crippen molar-refractivity contribution in [3.8, 4) is 0 Å². The Morgan fingerprint density at radius 3 is 2.43 bits per heavy atom. The predicted octanol–water partition coefficient (Wildman–Crippen LogP) is 0.402. The monoisotopic (exact) mass is 308 g/mol. The molecule has 0 fully saturated rings. The molecule has 0 amide bonds. The van der Waals surface area contributed by atoms with Gasteiger partial charge in [-0.2, -0.15) is 11.8 Å². The lowest BCUT2D eigenvalue weighted by Gasteiger charge is -2.05. The average molecular weight is 308 g/mol. The molecular weight excluding hydrogens is 291 g/mol. The summed E-state index contributed by atoms with van der Waals surface area (Å²) in [6.45, 7) is 5.28. The van der Waals surface area contributed by atoms with E-state index in [2.05, 4.69) is 6.58 Å². The molecule has 5 nitrogen and oxygen atoms in total. The standard InChI is InChI=1S/C14H17BO5S/c1-10(2)14(17)20-7-8-21-9-13(16)11-3-5-12(6-4-11)15(18)19/h3-6,18-19H,1,7-9H2,2H3. The normalized spacial score (nSPS) is 10.0. The molecule has 0 radical (unpaired) electrons. The van der Waals surface area contributed by atoms with Crippen LogP contribution in [0.25, 0.3) is 0 Å². The summed E-state index contributed by atoms with van der Waals surface area (Å²) >= 11 is 1.37. The molecule has 0 saturated carbocycles. The second kappa shape index (κ2) is 8.66. The highest BCUT2D eigenvalue weighted by atomic mass is 32.2. The highest BCUT2D eigenvalue weighted by Gasteiger charge is 2.12. The van der Waals surface area contributed by atoms with Crippen LogP contribution >= 0.6 is 11.8 Å². The minimum absolute atomic E-state index is 0.0646. The molecule has 0 aromatic heterocycles. The van der Waals surface area contributed by atoms with Crippen molar-refractivity contribution < 1.29 is 24.4 Å². The van der Waals surface area contributed by atoms with Crippen molar-refractivity contribution in [1.82, 2.24) is 0 Å². The van der Waals surface area contributed by atoms with E-state index in [0.717, 1.165) is 0 Å². The molecule has 1 aromatic carbocycles. The van der Waals surface area contributed by atoms with Gasteiger partial charge < -0.3 is 14.8 Å². The molecule has 1 rings (SSSR count). The number of carbonyl (C=O) groups excluding carboxylic acids is 2.